The van der Waals surface area contributed by atoms with Gasteiger partial charge in [0.15, 0.2) is 0 Å². The number of aryl methyl sites for hydroxylation is 1. The Morgan fingerprint density at radius 2 is 1.88 bits per heavy atom. The molecule has 0 aliphatic carbocycles. The van der Waals surface area contributed by atoms with Crippen molar-refractivity contribution >= 4 is 22.5 Å². The predicted octanol–water partition coefficient (Wildman–Crippen LogP) is 4.38. The fourth-order valence-corrected chi connectivity index (χ4v) is 2.69. The largest absolute Gasteiger partial charge is 0.416 e. The number of anilines is 1. The highest BCUT2D eigenvalue weighted by Crippen LogP contribution is 2.30. The molecule has 0 bridgehead atoms. The van der Waals surface area contributed by atoms with E-state index in [0.29, 0.717) is 11.3 Å². The van der Waals surface area contributed by atoms with Crippen LogP contribution in [0.3, 0.4) is 0 Å². The molecule has 1 aromatic heterocycles. The van der Waals surface area contributed by atoms with E-state index in [0.717, 1.165) is 23.0 Å². The van der Waals surface area contributed by atoms with E-state index < -0.39 is 11.7 Å². The highest BCUT2D eigenvalue weighted by molar-refractivity contribution is 6.01. The molecule has 6 heteroatoms. The zero-order valence-electron chi connectivity index (χ0n) is 12.9. The fraction of sp³-hybridized carbons (Fsp3) is 0.167. The number of nitrogens with zero attached hydrogens (tertiary/aromatic N) is 1. The lowest BCUT2D eigenvalue weighted by Gasteiger charge is -2.10. The van der Waals surface area contributed by atoms with Gasteiger partial charge in [0.2, 0.25) is 5.91 Å². The first-order valence-electron chi connectivity index (χ1n) is 7.34. The van der Waals surface area contributed by atoms with Crippen molar-refractivity contribution in [1.29, 1.82) is 0 Å². The highest BCUT2D eigenvalue weighted by Gasteiger charge is 2.30. The van der Waals surface area contributed by atoms with E-state index in [4.69, 9.17) is 0 Å². The number of carbonyl (C=O) groups excluding carboxylic acids is 1. The number of hydrogen-bond acceptors (Lipinski definition) is 1. The van der Waals surface area contributed by atoms with Crippen molar-refractivity contribution in [2.75, 3.05) is 5.32 Å². The smallest absolute Gasteiger partial charge is 0.349 e. The monoisotopic (exact) mass is 332 g/mol. The molecule has 1 amide bonds. The zero-order valence-corrected chi connectivity index (χ0v) is 12.9. The number of alkyl halides is 3. The number of fused-ring (bicyclic) bond motifs is 1. The van der Waals surface area contributed by atoms with Gasteiger partial charge in [-0.3, -0.25) is 4.79 Å². The second-order valence-electron chi connectivity index (χ2n) is 5.59. The summed E-state index contributed by atoms with van der Waals surface area (Å²) in [5.41, 5.74) is 1.07. The minimum Gasteiger partial charge on any atom is -0.349 e. The number of aromatic nitrogens is 1. The van der Waals surface area contributed by atoms with Crippen LogP contribution in [0.15, 0.2) is 54.7 Å². The standard InChI is InChI=1S/C18H15F3N2O/c1-23-9-8-13-5-3-7-15(17(13)23)22-16(24)11-12-4-2-6-14(10-12)18(19,20)21/h2-10H,11H2,1H3,(H,22,24). The third-order valence-corrected chi connectivity index (χ3v) is 3.79. The molecule has 0 fully saturated rings. The Hall–Kier alpha value is -2.76. The number of hydrogen-bond donors (Lipinski definition) is 1. The molecule has 0 saturated carbocycles. The van der Waals surface area contributed by atoms with Crippen molar-refractivity contribution in [3.63, 3.8) is 0 Å². The van der Waals surface area contributed by atoms with Crippen LogP contribution in [0.1, 0.15) is 11.1 Å². The predicted molar refractivity (Wildman–Crippen MR) is 86.7 cm³/mol. The van der Waals surface area contributed by atoms with Gasteiger partial charge in [-0.05, 0) is 23.8 Å². The summed E-state index contributed by atoms with van der Waals surface area (Å²) in [5, 5.41) is 3.76. The lowest BCUT2D eigenvalue weighted by Crippen LogP contribution is -2.15. The molecule has 3 aromatic rings. The minimum absolute atomic E-state index is 0.120. The van der Waals surface area contributed by atoms with E-state index in [9.17, 15) is 18.0 Å². The molecule has 0 saturated heterocycles. The van der Waals surface area contributed by atoms with E-state index >= 15 is 0 Å². The minimum atomic E-state index is -4.42. The van der Waals surface area contributed by atoms with E-state index in [1.54, 1.807) is 6.07 Å². The van der Waals surface area contributed by atoms with Gasteiger partial charge in [-0.15, -0.1) is 0 Å². The first-order valence-corrected chi connectivity index (χ1v) is 7.34. The van der Waals surface area contributed by atoms with Crippen LogP contribution in [-0.4, -0.2) is 10.5 Å². The number of rotatable bonds is 3. The van der Waals surface area contributed by atoms with Crippen LogP contribution >= 0.6 is 0 Å². The summed E-state index contributed by atoms with van der Waals surface area (Å²) in [6, 6.07) is 12.3. The summed E-state index contributed by atoms with van der Waals surface area (Å²) in [7, 11) is 1.87. The Kier molecular flexibility index (Phi) is 4.05. The Morgan fingerprint density at radius 1 is 1.12 bits per heavy atom. The number of benzene rings is 2. The third kappa shape index (κ3) is 3.27. The van der Waals surface area contributed by atoms with Crippen molar-refractivity contribution in [3.05, 3.63) is 65.9 Å². The van der Waals surface area contributed by atoms with E-state index in [2.05, 4.69) is 5.32 Å². The summed E-state index contributed by atoms with van der Waals surface area (Å²) in [6.45, 7) is 0. The molecule has 0 atom stereocenters. The molecule has 3 nitrogen and oxygen atoms in total. The number of para-hydroxylation sites is 1. The Morgan fingerprint density at radius 3 is 2.62 bits per heavy atom. The molecule has 2 aromatic carbocycles. The van der Waals surface area contributed by atoms with Gasteiger partial charge in [-0.2, -0.15) is 13.2 Å². The average molecular weight is 332 g/mol. The Bertz CT molecular complexity index is 897. The zero-order chi connectivity index (χ0) is 17.3. The first kappa shape index (κ1) is 16.1. The number of amides is 1. The van der Waals surface area contributed by atoms with Crippen molar-refractivity contribution in [2.45, 2.75) is 12.6 Å². The summed E-state index contributed by atoms with van der Waals surface area (Å²) in [5.74, 6) is -0.358. The van der Waals surface area contributed by atoms with Gasteiger partial charge >= 0.3 is 6.18 Å². The molecule has 124 valence electrons. The van der Waals surface area contributed by atoms with Crippen LogP contribution < -0.4 is 5.32 Å². The molecular formula is C18H15F3N2O. The van der Waals surface area contributed by atoms with Crippen LogP contribution in [-0.2, 0) is 24.4 Å². The van der Waals surface area contributed by atoms with Crippen LogP contribution in [0.2, 0.25) is 0 Å². The number of carbonyl (C=O) groups is 1. The molecule has 24 heavy (non-hydrogen) atoms. The first-order chi connectivity index (χ1) is 11.3. The highest BCUT2D eigenvalue weighted by atomic mass is 19.4. The fourth-order valence-electron chi connectivity index (χ4n) is 2.69. The maximum Gasteiger partial charge on any atom is 0.416 e. The van der Waals surface area contributed by atoms with Crippen molar-refractivity contribution in [1.82, 2.24) is 4.57 Å². The SMILES string of the molecule is Cn1ccc2cccc(NC(=O)Cc3cccc(C(F)(F)F)c3)c21. The normalized spacial score (nSPS) is 11.7. The molecule has 0 spiro atoms. The van der Waals surface area contributed by atoms with Gasteiger partial charge in [-0.1, -0.05) is 30.3 Å². The van der Waals surface area contributed by atoms with Gasteiger partial charge in [0.1, 0.15) is 0 Å². The maximum absolute atomic E-state index is 12.7. The molecular weight excluding hydrogens is 317 g/mol. The number of halogens is 3. The lowest BCUT2D eigenvalue weighted by molar-refractivity contribution is -0.137. The van der Waals surface area contributed by atoms with Crippen LogP contribution in [0, 0.1) is 0 Å². The van der Waals surface area contributed by atoms with Gasteiger partial charge in [-0.25, -0.2) is 0 Å². The molecule has 0 unspecified atom stereocenters. The molecule has 1 heterocycles. The molecule has 3 rings (SSSR count). The van der Waals surface area contributed by atoms with Crippen LogP contribution in [0.4, 0.5) is 18.9 Å². The average Bonchev–Trinajstić information content (AvgIpc) is 2.89. The van der Waals surface area contributed by atoms with E-state index in [1.165, 1.54) is 12.1 Å². The summed E-state index contributed by atoms with van der Waals surface area (Å²) < 4.78 is 40.1. The van der Waals surface area contributed by atoms with E-state index in [1.807, 2.05) is 36.0 Å². The molecule has 0 radical (unpaired) electrons. The van der Waals surface area contributed by atoms with Gasteiger partial charge in [0.25, 0.3) is 0 Å². The second-order valence-corrected chi connectivity index (χ2v) is 5.59. The van der Waals surface area contributed by atoms with Gasteiger partial charge in [0, 0.05) is 18.6 Å². The number of nitrogens with one attached hydrogen (secondary N) is 1. The third-order valence-electron chi connectivity index (χ3n) is 3.79. The molecule has 0 aliphatic rings. The topological polar surface area (TPSA) is 34.0 Å². The second kappa shape index (κ2) is 6.03. The van der Waals surface area contributed by atoms with Crippen LogP contribution in [0.5, 0.6) is 0 Å². The van der Waals surface area contributed by atoms with Crippen molar-refractivity contribution in [3.8, 4) is 0 Å². The summed E-state index contributed by atoms with van der Waals surface area (Å²) >= 11 is 0. The Labute approximate surface area is 136 Å². The molecule has 0 aliphatic heterocycles. The Balaban J connectivity index is 1.80. The van der Waals surface area contributed by atoms with Crippen molar-refractivity contribution in [2.24, 2.45) is 7.05 Å². The summed E-state index contributed by atoms with van der Waals surface area (Å²) in [6.07, 6.45) is -2.65. The lowest BCUT2D eigenvalue weighted by atomic mass is 10.1. The van der Waals surface area contributed by atoms with Crippen molar-refractivity contribution < 1.29 is 18.0 Å². The van der Waals surface area contributed by atoms with Gasteiger partial charge < -0.3 is 9.88 Å². The maximum atomic E-state index is 12.7. The summed E-state index contributed by atoms with van der Waals surface area (Å²) in [4.78, 5) is 12.2. The van der Waals surface area contributed by atoms with E-state index in [-0.39, 0.29) is 12.3 Å². The molecule has 1 N–H and O–H groups in total. The van der Waals surface area contributed by atoms with Gasteiger partial charge in [0.05, 0.1) is 23.2 Å². The van der Waals surface area contributed by atoms with Crippen LogP contribution in [0.25, 0.3) is 10.9 Å². The quantitative estimate of drug-likeness (QED) is 0.759.